The van der Waals surface area contributed by atoms with E-state index < -0.39 is 0 Å². The van der Waals surface area contributed by atoms with Gasteiger partial charge in [-0.15, -0.1) is 11.3 Å². The number of thiophene rings is 1. The number of pyridine rings is 1. The number of amides is 2. The van der Waals surface area contributed by atoms with Crippen molar-refractivity contribution < 1.29 is 14.1 Å². The minimum Gasteiger partial charge on any atom is -0.355 e. The first-order valence-electron chi connectivity index (χ1n) is 12.6. The van der Waals surface area contributed by atoms with Gasteiger partial charge in [0, 0.05) is 43.3 Å². The third-order valence-corrected chi connectivity index (χ3v) is 7.63. The lowest BCUT2D eigenvalue weighted by Gasteiger charge is -2.17. The van der Waals surface area contributed by atoms with Crippen molar-refractivity contribution in [2.24, 2.45) is 0 Å². The van der Waals surface area contributed by atoms with E-state index in [1.807, 2.05) is 65.4 Å². The van der Waals surface area contributed by atoms with Crippen LogP contribution in [0.1, 0.15) is 25.6 Å². The average Bonchev–Trinajstić information content (AvgIpc) is 3.76. The number of rotatable bonds is 8. The highest BCUT2D eigenvalue weighted by molar-refractivity contribution is 7.17. The topological polar surface area (TPSA) is 106 Å². The number of carbonyl (C=O) groups excluding carboxylic acids is 2. The predicted octanol–water partition coefficient (Wildman–Crippen LogP) is 5.92. The molecular weight excluding hydrogens is 524 g/mol. The average molecular weight is 549 g/mol. The number of nitrogens with zero attached hydrogens (tertiary/aromatic N) is 5. The van der Waals surface area contributed by atoms with E-state index in [2.05, 4.69) is 15.5 Å². The van der Waals surface area contributed by atoms with Crippen LogP contribution in [-0.4, -0.2) is 38.6 Å². The minimum atomic E-state index is -0.273. The molecule has 6 rings (SSSR count). The summed E-state index contributed by atoms with van der Waals surface area (Å²) < 4.78 is 7.20. The number of fused-ring (bicyclic) bond motifs is 1. The number of carbonyl (C=O) groups is 2. The number of nitrogens with one attached hydrogen (secondary N) is 1. The predicted molar refractivity (Wildman–Crippen MR) is 155 cm³/mol. The van der Waals surface area contributed by atoms with E-state index in [4.69, 9.17) is 9.51 Å². The number of hydrogen-bond donors (Lipinski definition) is 1. The van der Waals surface area contributed by atoms with E-state index in [0.717, 1.165) is 16.0 Å². The molecule has 0 saturated heterocycles. The smallest absolute Gasteiger partial charge is 0.268 e. The maximum absolute atomic E-state index is 13.3. The van der Waals surface area contributed by atoms with E-state index in [-0.39, 0.29) is 11.8 Å². The second kappa shape index (κ2) is 11.0. The molecule has 0 spiro atoms. The van der Waals surface area contributed by atoms with Crippen LogP contribution in [0.25, 0.3) is 21.7 Å². The number of hydrogen-bond acceptors (Lipinski definition) is 7. The summed E-state index contributed by atoms with van der Waals surface area (Å²) in [4.78, 5) is 38.2. The maximum Gasteiger partial charge on any atom is 0.268 e. The second-order valence-corrected chi connectivity index (χ2v) is 10.2. The minimum absolute atomic E-state index is 0.121. The standard InChI is InChI=1S/C30H24N6O3S/c1-35(29(38)21-7-3-2-4-8-21)22-9-10-24-23(18-22)33-30(36(24)17-14-20-6-5-15-31-19-20)34-28(37)27-12-11-26(40-27)25-13-16-32-39-25/h2-13,15-16,18-19H,14,17H2,1H3,(H,33,34,37). The Morgan fingerprint density at radius 2 is 1.88 bits per heavy atom. The van der Waals surface area contributed by atoms with Gasteiger partial charge in [-0.25, -0.2) is 4.98 Å². The van der Waals surface area contributed by atoms with Gasteiger partial charge < -0.3 is 14.0 Å². The molecule has 1 N–H and O–H groups in total. The first kappa shape index (κ1) is 25.2. The highest BCUT2D eigenvalue weighted by Crippen LogP contribution is 2.30. The summed E-state index contributed by atoms with van der Waals surface area (Å²) >= 11 is 1.31. The first-order valence-corrected chi connectivity index (χ1v) is 13.4. The van der Waals surface area contributed by atoms with Crippen LogP contribution in [-0.2, 0) is 13.0 Å². The Bertz CT molecular complexity index is 1780. The van der Waals surface area contributed by atoms with Crippen molar-refractivity contribution in [3.05, 3.63) is 113 Å². The molecule has 2 aromatic carbocycles. The molecular formula is C30H24N6O3S. The summed E-state index contributed by atoms with van der Waals surface area (Å²) in [7, 11) is 1.74. The molecule has 0 unspecified atom stereocenters. The van der Waals surface area contributed by atoms with Gasteiger partial charge in [-0.05, 0) is 60.5 Å². The van der Waals surface area contributed by atoms with Crippen molar-refractivity contribution >= 4 is 45.8 Å². The fourth-order valence-corrected chi connectivity index (χ4v) is 5.28. The SMILES string of the molecule is CN(C(=O)c1ccccc1)c1ccc2c(c1)nc(NC(=O)c1ccc(-c3ccno3)s1)n2CCc1cccnc1. The van der Waals surface area contributed by atoms with Crippen LogP contribution in [0.15, 0.2) is 102 Å². The molecule has 0 saturated carbocycles. The quantitative estimate of drug-likeness (QED) is 0.253. The Hall–Kier alpha value is -5.09. The Kier molecular flexibility index (Phi) is 6.90. The summed E-state index contributed by atoms with van der Waals surface area (Å²) in [6, 6.07) is 24.1. The Labute approximate surface area is 233 Å². The normalized spacial score (nSPS) is 11.0. The summed E-state index contributed by atoms with van der Waals surface area (Å²) in [5, 5.41) is 6.73. The molecule has 0 fully saturated rings. The lowest BCUT2D eigenvalue weighted by Crippen LogP contribution is -2.26. The molecule has 0 aliphatic carbocycles. The Morgan fingerprint density at radius 3 is 2.65 bits per heavy atom. The van der Waals surface area contributed by atoms with E-state index in [1.165, 1.54) is 11.3 Å². The van der Waals surface area contributed by atoms with Crippen molar-refractivity contribution in [3.8, 4) is 10.6 Å². The van der Waals surface area contributed by atoms with Crippen molar-refractivity contribution in [3.63, 3.8) is 0 Å². The molecule has 4 heterocycles. The van der Waals surface area contributed by atoms with Crippen LogP contribution in [0.3, 0.4) is 0 Å². The van der Waals surface area contributed by atoms with Crippen LogP contribution < -0.4 is 10.2 Å². The monoisotopic (exact) mass is 548 g/mol. The lowest BCUT2D eigenvalue weighted by atomic mass is 10.2. The number of aromatic nitrogens is 4. The zero-order valence-corrected chi connectivity index (χ0v) is 22.3. The molecule has 0 bridgehead atoms. The van der Waals surface area contributed by atoms with Gasteiger partial charge in [-0.2, -0.15) is 0 Å². The van der Waals surface area contributed by atoms with Crippen molar-refractivity contribution in [2.75, 3.05) is 17.3 Å². The Balaban J connectivity index is 1.31. The molecule has 198 valence electrons. The highest BCUT2D eigenvalue weighted by atomic mass is 32.1. The van der Waals surface area contributed by atoms with Gasteiger partial charge in [0.2, 0.25) is 5.95 Å². The molecule has 40 heavy (non-hydrogen) atoms. The fraction of sp³-hybridized carbons (Fsp3) is 0.100. The van der Waals surface area contributed by atoms with E-state index >= 15 is 0 Å². The van der Waals surface area contributed by atoms with Crippen LogP contribution in [0.5, 0.6) is 0 Å². The Morgan fingerprint density at radius 1 is 1.00 bits per heavy atom. The zero-order chi connectivity index (χ0) is 27.5. The summed E-state index contributed by atoms with van der Waals surface area (Å²) in [5.41, 5.74) is 3.88. The van der Waals surface area contributed by atoms with E-state index in [1.54, 1.807) is 48.6 Å². The second-order valence-electron chi connectivity index (χ2n) is 9.10. The lowest BCUT2D eigenvalue weighted by molar-refractivity contribution is 0.0991. The molecule has 0 atom stereocenters. The van der Waals surface area contributed by atoms with Gasteiger partial charge >= 0.3 is 0 Å². The van der Waals surface area contributed by atoms with Gasteiger partial charge in [0.1, 0.15) is 0 Å². The van der Waals surface area contributed by atoms with Crippen molar-refractivity contribution in [2.45, 2.75) is 13.0 Å². The zero-order valence-electron chi connectivity index (χ0n) is 21.5. The highest BCUT2D eigenvalue weighted by Gasteiger charge is 2.19. The summed E-state index contributed by atoms with van der Waals surface area (Å²) in [5.74, 6) is 0.636. The number of benzene rings is 2. The van der Waals surface area contributed by atoms with Crippen molar-refractivity contribution in [1.82, 2.24) is 19.7 Å². The molecule has 4 aromatic heterocycles. The van der Waals surface area contributed by atoms with Gasteiger partial charge in [0.15, 0.2) is 5.76 Å². The molecule has 0 radical (unpaired) electrons. The van der Waals surface area contributed by atoms with Crippen LogP contribution >= 0.6 is 11.3 Å². The van der Waals surface area contributed by atoms with Crippen molar-refractivity contribution in [1.29, 1.82) is 0 Å². The number of imidazole rings is 1. The third kappa shape index (κ3) is 5.12. The summed E-state index contributed by atoms with van der Waals surface area (Å²) in [6.45, 7) is 0.573. The third-order valence-electron chi connectivity index (χ3n) is 6.53. The van der Waals surface area contributed by atoms with Crippen LogP contribution in [0, 0.1) is 0 Å². The molecule has 0 aliphatic heterocycles. The van der Waals surface area contributed by atoms with E-state index in [9.17, 15) is 9.59 Å². The van der Waals surface area contributed by atoms with Crippen LogP contribution in [0.4, 0.5) is 11.6 Å². The van der Waals surface area contributed by atoms with Gasteiger partial charge in [0.05, 0.1) is 27.0 Å². The molecule has 9 nitrogen and oxygen atoms in total. The molecule has 10 heteroatoms. The molecule has 2 amide bonds. The number of aryl methyl sites for hydroxylation is 2. The summed E-state index contributed by atoms with van der Waals surface area (Å²) in [6.07, 6.45) is 5.84. The van der Waals surface area contributed by atoms with Crippen LogP contribution in [0.2, 0.25) is 0 Å². The fourth-order valence-electron chi connectivity index (χ4n) is 4.43. The maximum atomic E-state index is 13.3. The van der Waals surface area contributed by atoms with Gasteiger partial charge in [-0.1, -0.05) is 29.4 Å². The molecule has 0 aliphatic rings. The number of anilines is 2. The van der Waals surface area contributed by atoms with Gasteiger partial charge in [0.25, 0.3) is 11.8 Å². The van der Waals surface area contributed by atoms with Gasteiger partial charge in [-0.3, -0.25) is 19.9 Å². The largest absolute Gasteiger partial charge is 0.355 e. The molecule has 6 aromatic rings. The first-order chi connectivity index (χ1) is 19.6. The van der Waals surface area contributed by atoms with E-state index in [0.29, 0.717) is 46.3 Å².